The van der Waals surface area contributed by atoms with Gasteiger partial charge in [-0.05, 0) is 18.6 Å². The molecule has 1 amide bonds. The molecule has 3 aromatic heterocycles. The van der Waals surface area contributed by atoms with Crippen LogP contribution >= 0.6 is 11.6 Å². The van der Waals surface area contributed by atoms with E-state index < -0.39 is 17.9 Å². The molecule has 0 fully saturated rings. The largest absolute Gasteiger partial charge is 0.451 e. The van der Waals surface area contributed by atoms with Crippen molar-refractivity contribution in [3.63, 3.8) is 0 Å². The van der Waals surface area contributed by atoms with Gasteiger partial charge < -0.3 is 5.73 Å². The van der Waals surface area contributed by atoms with Gasteiger partial charge in [0.2, 0.25) is 5.82 Å². The lowest BCUT2D eigenvalue weighted by Gasteiger charge is -2.29. The minimum atomic E-state index is -4.61. The Hall–Kier alpha value is -3.05. The lowest BCUT2D eigenvalue weighted by molar-refractivity contribution is -0.145. The first kappa shape index (κ1) is 20.2. The van der Waals surface area contributed by atoms with Crippen molar-refractivity contribution in [3.8, 4) is 5.69 Å². The molecular weight excluding hydrogens is 423 g/mol. The summed E-state index contributed by atoms with van der Waals surface area (Å²) in [6.45, 7) is 1.04. The van der Waals surface area contributed by atoms with Gasteiger partial charge >= 0.3 is 6.18 Å². The molecule has 0 saturated carbocycles. The summed E-state index contributed by atoms with van der Waals surface area (Å²) in [5, 5.41) is 4.61. The second-order valence-electron chi connectivity index (χ2n) is 6.75. The van der Waals surface area contributed by atoms with Crippen LogP contribution in [0, 0.1) is 0 Å². The lowest BCUT2D eigenvalue weighted by atomic mass is 10.0. The Bertz CT molecular complexity index is 1120. The second-order valence-corrected chi connectivity index (χ2v) is 7.19. The van der Waals surface area contributed by atoms with Gasteiger partial charge in [-0.3, -0.25) is 9.69 Å². The number of fused-ring (bicyclic) bond motifs is 1. The van der Waals surface area contributed by atoms with Gasteiger partial charge in [0.05, 0.1) is 28.3 Å². The molecule has 4 heterocycles. The Kier molecular flexibility index (Phi) is 5.16. The van der Waals surface area contributed by atoms with Crippen LogP contribution in [0.2, 0.25) is 5.02 Å². The number of primary amides is 1. The fraction of sp³-hybridized carbons (Fsp3) is 0.278. The fourth-order valence-corrected chi connectivity index (χ4v) is 3.46. The van der Waals surface area contributed by atoms with E-state index in [1.165, 1.54) is 12.3 Å². The number of pyridine rings is 1. The first-order chi connectivity index (χ1) is 14.2. The molecule has 0 spiro atoms. The average molecular weight is 438 g/mol. The molecule has 0 bridgehead atoms. The highest BCUT2D eigenvalue weighted by Gasteiger charge is 2.34. The number of halogens is 4. The molecule has 0 aromatic carbocycles. The van der Waals surface area contributed by atoms with Gasteiger partial charge in [-0.1, -0.05) is 11.6 Å². The molecule has 156 valence electrons. The van der Waals surface area contributed by atoms with Crippen molar-refractivity contribution >= 4 is 17.5 Å². The van der Waals surface area contributed by atoms with Gasteiger partial charge in [0.1, 0.15) is 5.69 Å². The predicted molar refractivity (Wildman–Crippen MR) is 99.7 cm³/mol. The van der Waals surface area contributed by atoms with Crippen molar-refractivity contribution in [2.24, 2.45) is 5.73 Å². The normalized spacial score (nSPS) is 14.5. The molecule has 12 heteroatoms. The van der Waals surface area contributed by atoms with E-state index in [-0.39, 0.29) is 17.9 Å². The second kappa shape index (κ2) is 7.65. The zero-order valence-corrected chi connectivity index (χ0v) is 16.2. The molecule has 3 aromatic rings. The maximum atomic E-state index is 12.9. The third-order valence-corrected chi connectivity index (χ3v) is 4.84. The molecule has 8 nitrogen and oxygen atoms in total. The number of carbonyl (C=O) groups is 1. The maximum Gasteiger partial charge on any atom is 0.451 e. The van der Waals surface area contributed by atoms with Crippen molar-refractivity contribution in [2.75, 3.05) is 6.54 Å². The van der Waals surface area contributed by atoms with E-state index in [1.54, 1.807) is 16.9 Å². The molecule has 0 unspecified atom stereocenters. The monoisotopic (exact) mass is 437 g/mol. The summed E-state index contributed by atoms with van der Waals surface area (Å²) in [5.41, 5.74) is 7.84. The van der Waals surface area contributed by atoms with E-state index in [1.807, 2.05) is 4.90 Å². The molecule has 0 aliphatic carbocycles. The minimum Gasteiger partial charge on any atom is -0.364 e. The molecule has 2 N–H and O–H groups in total. The fourth-order valence-electron chi connectivity index (χ4n) is 3.32. The van der Waals surface area contributed by atoms with Crippen LogP contribution in [0.15, 0.2) is 30.7 Å². The Morgan fingerprint density at radius 3 is 2.77 bits per heavy atom. The Balaban J connectivity index is 1.64. The van der Waals surface area contributed by atoms with Crippen LogP contribution in [0.1, 0.15) is 33.3 Å². The quantitative estimate of drug-likeness (QED) is 0.672. The van der Waals surface area contributed by atoms with Crippen LogP contribution < -0.4 is 5.73 Å². The number of hydrogen-bond acceptors (Lipinski definition) is 6. The van der Waals surface area contributed by atoms with Crippen LogP contribution in [0.3, 0.4) is 0 Å². The summed E-state index contributed by atoms with van der Waals surface area (Å²) in [6.07, 6.45) is 0.106. The standard InChI is InChI=1S/C18H15ClF3N7O/c19-10-6-25-29(7-10)15-5-13(16(23)30)27-14-9-28(4-2-12(14)15)8-11-1-3-24-17(26-11)18(20,21)22/h1,3,5-7H,2,4,8-9H2,(H2,23,30). The molecule has 0 saturated heterocycles. The lowest BCUT2D eigenvalue weighted by Crippen LogP contribution is -2.33. The van der Waals surface area contributed by atoms with Crippen molar-refractivity contribution in [2.45, 2.75) is 25.7 Å². The zero-order chi connectivity index (χ0) is 21.5. The first-order valence-electron chi connectivity index (χ1n) is 8.85. The Morgan fingerprint density at radius 2 is 2.10 bits per heavy atom. The molecule has 30 heavy (non-hydrogen) atoms. The number of rotatable bonds is 4. The summed E-state index contributed by atoms with van der Waals surface area (Å²) in [6, 6.07) is 3.00. The highest BCUT2D eigenvalue weighted by Crippen LogP contribution is 2.28. The molecule has 1 aliphatic rings. The van der Waals surface area contributed by atoms with E-state index in [0.717, 1.165) is 11.8 Å². The highest BCUT2D eigenvalue weighted by atomic mass is 35.5. The van der Waals surface area contributed by atoms with Gasteiger partial charge in [-0.2, -0.15) is 18.3 Å². The van der Waals surface area contributed by atoms with E-state index in [9.17, 15) is 18.0 Å². The van der Waals surface area contributed by atoms with E-state index in [2.05, 4.69) is 20.1 Å². The van der Waals surface area contributed by atoms with Gasteiger partial charge in [-0.15, -0.1) is 0 Å². The number of alkyl halides is 3. The summed E-state index contributed by atoms with van der Waals surface area (Å²) < 4.78 is 40.1. The first-order valence-corrected chi connectivity index (χ1v) is 9.23. The summed E-state index contributed by atoms with van der Waals surface area (Å²) in [7, 11) is 0. The van der Waals surface area contributed by atoms with Crippen molar-refractivity contribution in [1.82, 2.24) is 29.6 Å². The number of amides is 1. The number of aromatic nitrogens is 5. The van der Waals surface area contributed by atoms with Crippen molar-refractivity contribution in [3.05, 3.63) is 64.2 Å². The maximum absolute atomic E-state index is 12.9. The van der Waals surface area contributed by atoms with E-state index in [0.29, 0.717) is 35.9 Å². The molecular formula is C18H15ClF3N7O. The minimum absolute atomic E-state index is 0.0682. The Labute approximate surface area is 173 Å². The topological polar surface area (TPSA) is 103 Å². The van der Waals surface area contributed by atoms with Gasteiger partial charge in [0.25, 0.3) is 5.91 Å². The highest BCUT2D eigenvalue weighted by molar-refractivity contribution is 6.30. The third-order valence-electron chi connectivity index (χ3n) is 4.64. The van der Waals surface area contributed by atoms with Crippen LogP contribution in [0.25, 0.3) is 5.69 Å². The zero-order valence-electron chi connectivity index (χ0n) is 15.4. The SMILES string of the molecule is NC(=O)c1cc(-n2cc(Cl)cn2)c2c(n1)CN(Cc1ccnc(C(F)(F)F)n1)CC2. The predicted octanol–water partition coefficient (Wildman–Crippen LogP) is 2.39. The molecule has 0 radical (unpaired) electrons. The summed E-state index contributed by atoms with van der Waals surface area (Å²) in [5.74, 6) is -1.87. The van der Waals surface area contributed by atoms with Crippen molar-refractivity contribution in [1.29, 1.82) is 0 Å². The van der Waals surface area contributed by atoms with Crippen LogP contribution in [-0.2, 0) is 25.7 Å². The number of hydrogen-bond donors (Lipinski definition) is 1. The van der Waals surface area contributed by atoms with Crippen LogP contribution in [0.5, 0.6) is 0 Å². The van der Waals surface area contributed by atoms with Gasteiger partial charge in [0.15, 0.2) is 0 Å². The smallest absolute Gasteiger partial charge is 0.364 e. The van der Waals surface area contributed by atoms with Crippen LogP contribution in [0.4, 0.5) is 13.2 Å². The van der Waals surface area contributed by atoms with Gasteiger partial charge in [-0.25, -0.2) is 19.6 Å². The molecule has 0 atom stereocenters. The van der Waals surface area contributed by atoms with E-state index >= 15 is 0 Å². The van der Waals surface area contributed by atoms with Crippen LogP contribution in [-0.4, -0.2) is 42.1 Å². The van der Waals surface area contributed by atoms with E-state index in [4.69, 9.17) is 17.3 Å². The summed E-state index contributed by atoms with van der Waals surface area (Å²) >= 11 is 5.96. The molecule has 1 aliphatic heterocycles. The summed E-state index contributed by atoms with van der Waals surface area (Å²) in [4.78, 5) is 24.9. The average Bonchev–Trinajstić information content (AvgIpc) is 3.12. The number of nitrogens with zero attached hydrogens (tertiary/aromatic N) is 6. The number of carbonyl (C=O) groups excluding carboxylic acids is 1. The Morgan fingerprint density at radius 1 is 1.30 bits per heavy atom. The van der Waals surface area contributed by atoms with Crippen molar-refractivity contribution < 1.29 is 18.0 Å². The van der Waals surface area contributed by atoms with Gasteiger partial charge in [0, 0.05) is 37.6 Å². The third kappa shape index (κ3) is 4.12. The number of nitrogens with two attached hydrogens (primary N) is 1. The molecule has 4 rings (SSSR count).